The lowest BCUT2D eigenvalue weighted by atomic mass is 10.1. The van der Waals surface area contributed by atoms with Crippen molar-refractivity contribution in [2.45, 2.75) is 6.61 Å². The lowest BCUT2D eigenvalue weighted by molar-refractivity contribution is 0.0682. The van der Waals surface area contributed by atoms with Crippen molar-refractivity contribution >= 4 is 17.9 Å². The fourth-order valence-corrected chi connectivity index (χ4v) is 1.88. The van der Waals surface area contributed by atoms with Gasteiger partial charge in [0.25, 0.3) is 0 Å². The molecule has 118 valence electrons. The van der Waals surface area contributed by atoms with E-state index in [4.69, 9.17) is 20.1 Å². The van der Waals surface area contributed by atoms with Crippen LogP contribution >= 0.6 is 0 Å². The van der Waals surface area contributed by atoms with E-state index in [1.54, 1.807) is 0 Å². The number of hydrogen-bond donors (Lipinski definition) is 3. The standard InChI is InChI=1S/C16H12O7/c17-14(18)10-1-3-13(4-2-10)23-8-9-5-11(15(19)20)7-12(6-9)16(21)22/h1-7H,8H2,(H,17,18)(H,19,20)(H,21,22). The van der Waals surface area contributed by atoms with E-state index in [2.05, 4.69) is 0 Å². The van der Waals surface area contributed by atoms with Crippen LogP contribution in [-0.4, -0.2) is 33.2 Å². The molecule has 0 amide bonds. The second-order valence-electron chi connectivity index (χ2n) is 4.65. The fraction of sp³-hybridized carbons (Fsp3) is 0.0625. The van der Waals surface area contributed by atoms with Crippen molar-refractivity contribution in [1.29, 1.82) is 0 Å². The van der Waals surface area contributed by atoms with Crippen LogP contribution in [-0.2, 0) is 6.61 Å². The summed E-state index contributed by atoms with van der Waals surface area (Å²) in [6.45, 7) is -0.0478. The van der Waals surface area contributed by atoms with Gasteiger partial charge in [-0.3, -0.25) is 0 Å². The summed E-state index contributed by atoms with van der Waals surface area (Å²) in [7, 11) is 0. The first-order valence-electron chi connectivity index (χ1n) is 6.43. The molecule has 0 saturated heterocycles. The van der Waals surface area contributed by atoms with E-state index in [0.29, 0.717) is 11.3 Å². The third-order valence-corrected chi connectivity index (χ3v) is 2.99. The topological polar surface area (TPSA) is 121 Å². The van der Waals surface area contributed by atoms with E-state index in [0.717, 1.165) is 6.07 Å². The molecule has 0 atom stereocenters. The van der Waals surface area contributed by atoms with Gasteiger partial charge in [-0.25, -0.2) is 14.4 Å². The van der Waals surface area contributed by atoms with E-state index < -0.39 is 17.9 Å². The van der Waals surface area contributed by atoms with Crippen molar-refractivity contribution in [2.24, 2.45) is 0 Å². The number of hydrogen-bond acceptors (Lipinski definition) is 4. The molecule has 0 fully saturated rings. The molecule has 7 heteroatoms. The summed E-state index contributed by atoms with van der Waals surface area (Å²) in [5.41, 5.74) is 0.192. The van der Waals surface area contributed by atoms with Crippen molar-refractivity contribution in [3.05, 3.63) is 64.7 Å². The van der Waals surface area contributed by atoms with Crippen molar-refractivity contribution in [3.63, 3.8) is 0 Å². The Bertz CT molecular complexity index is 730. The molecule has 0 saturated carbocycles. The Kier molecular flexibility index (Phi) is 4.61. The molecule has 0 bridgehead atoms. The number of ether oxygens (including phenoxy) is 1. The van der Waals surface area contributed by atoms with E-state index >= 15 is 0 Å². The molecule has 0 aromatic heterocycles. The van der Waals surface area contributed by atoms with Gasteiger partial charge in [-0.15, -0.1) is 0 Å². The van der Waals surface area contributed by atoms with Gasteiger partial charge in [0.1, 0.15) is 12.4 Å². The Morgan fingerprint density at radius 2 is 1.22 bits per heavy atom. The second-order valence-corrected chi connectivity index (χ2v) is 4.65. The van der Waals surface area contributed by atoms with E-state index in [1.807, 2.05) is 0 Å². The zero-order valence-electron chi connectivity index (χ0n) is 11.7. The number of carboxylic acid groups (broad SMARTS) is 3. The summed E-state index contributed by atoms with van der Waals surface area (Å²) >= 11 is 0. The zero-order valence-corrected chi connectivity index (χ0v) is 11.7. The SMILES string of the molecule is O=C(O)c1ccc(OCc2cc(C(=O)O)cc(C(=O)O)c2)cc1. The highest BCUT2D eigenvalue weighted by atomic mass is 16.5. The molecule has 2 aromatic rings. The second kappa shape index (κ2) is 6.61. The van der Waals surface area contributed by atoms with E-state index in [-0.39, 0.29) is 23.3 Å². The van der Waals surface area contributed by atoms with Crippen LogP contribution in [0.25, 0.3) is 0 Å². The summed E-state index contributed by atoms with van der Waals surface area (Å²) in [4.78, 5) is 32.8. The molecule has 2 aromatic carbocycles. The maximum atomic E-state index is 11.0. The number of aromatic carboxylic acids is 3. The minimum absolute atomic E-state index is 0.0478. The van der Waals surface area contributed by atoms with Crippen LogP contribution in [0.1, 0.15) is 36.6 Å². The summed E-state index contributed by atoms with van der Waals surface area (Å²) < 4.78 is 5.42. The molecular formula is C16H12O7. The molecule has 0 aliphatic heterocycles. The lowest BCUT2D eigenvalue weighted by Gasteiger charge is -2.08. The van der Waals surface area contributed by atoms with Crippen molar-refractivity contribution in [2.75, 3.05) is 0 Å². The molecule has 0 unspecified atom stereocenters. The normalized spacial score (nSPS) is 10.1. The van der Waals surface area contributed by atoms with Crippen molar-refractivity contribution in [1.82, 2.24) is 0 Å². The van der Waals surface area contributed by atoms with Crippen LogP contribution in [0.5, 0.6) is 5.75 Å². The third-order valence-electron chi connectivity index (χ3n) is 2.99. The fourth-order valence-electron chi connectivity index (χ4n) is 1.88. The van der Waals surface area contributed by atoms with Crippen LogP contribution in [0.2, 0.25) is 0 Å². The number of benzene rings is 2. The highest BCUT2D eigenvalue weighted by Crippen LogP contribution is 2.16. The number of carboxylic acids is 3. The maximum Gasteiger partial charge on any atom is 0.335 e. The zero-order chi connectivity index (χ0) is 17.0. The highest BCUT2D eigenvalue weighted by molar-refractivity contribution is 5.94. The van der Waals surface area contributed by atoms with Crippen molar-refractivity contribution in [3.8, 4) is 5.75 Å². The molecule has 0 aliphatic carbocycles. The summed E-state index contributed by atoms with van der Waals surface area (Å²) in [5.74, 6) is -3.15. The van der Waals surface area contributed by atoms with Gasteiger partial charge in [-0.05, 0) is 48.0 Å². The first-order valence-corrected chi connectivity index (χ1v) is 6.43. The molecule has 0 spiro atoms. The summed E-state index contributed by atoms with van der Waals surface area (Å²) in [5, 5.41) is 26.8. The van der Waals surface area contributed by atoms with Gasteiger partial charge < -0.3 is 20.1 Å². The Morgan fingerprint density at radius 1 is 0.739 bits per heavy atom. The summed E-state index contributed by atoms with van der Waals surface area (Å²) in [6, 6.07) is 9.36. The molecule has 0 aliphatic rings. The predicted octanol–water partition coefficient (Wildman–Crippen LogP) is 2.36. The van der Waals surface area contributed by atoms with Gasteiger partial charge in [0.05, 0.1) is 16.7 Å². The smallest absolute Gasteiger partial charge is 0.335 e. The van der Waals surface area contributed by atoms with Crippen LogP contribution in [0.4, 0.5) is 0 Å². The largest absolute Gasteiger partial charge is 0.489 e. The number of carbonyl (C=O) groups is 3. The molecule has 7 nitrogen and oxygen atoms in total. The first kappa shape index (κ1) is 16.0. The maximum absolute atomic E-state index is 11.0. The monoisotopic (exact) mass is 316 g/mol. The van der Waals surface area contributed by atoms with E-state index in [9.17, 15) is 14.4 Å². The molecule has 0 radical (unpaired) electrons. The molecule has 3 N–H and O–H groups in total. The average molecular weight is 316 g/mol. The van der Waals surface area contributed by atoms with Crippen LogP contribution < -0.4 is 4.74 Å². The van der Waals surface area contributed by atoms with Crippen LogP contribution in [0.15, 0.2) is 42.5 Å². The van der Waals surface area contributed by atoms with Gasteiger partial charge in [0, 0.05) is 0 Å². The van der Waals surface area contributed by atoms with Gasteiger partial charge in [0.15, 0.2) is 0 Å². The third kappa shape index (κ3) is 4.07. The average Bonchev–Trinajstić information content (AvgIpc) is 2.52. The molecule has 0 heterocycles. The van der Waals surface area contributed by atoms with Crippen LogP contribution in [0, 0.1) is 0 Å². The Morgan fingerprint density at radius 3 is 1.65 bits per heavy atom. The summed E-state index contributed by atoms with van der Waals surface area (Å²) in [6.07, 6.45) is 0. The number of rotatable bonds is 6. The van der Waals surface area contributed by atoms with E-state index in [1.165, 1.54) is 36.4 Å². The van der Waals surface area contributed by atoms with Crippen LogP contribution in [0.3, 0.4) is 0 Å². The molecule has 2 rings (SSSR count). The Labute approximate surface area is 130 Å². The van der Waals surface area contributed by atoms with Gasteiger partial charge in [-0.2, -0.15) is 0 Å². The lowest BCUT2D eigenvalue weighted by Crippen LogP contribution is -2.06. The predicted molar refractivity (Wildman–Crippen MR) is 78.1 cm³/mol. The quantitative estimate of drug-likeness (QED) is 0.747. The Balaban J connectivity index is 2.17. The minimum Gasteiger partial charge on any atom is -0.489 e. The van der Waals surface area contributed by atoms with Gasteiger partial charge in [-0.1, -0.05) is 0 Å². The Hall–Kier alpha value is -3.35. The van der Waals surface area contributed by atoms with Crippen molar-refractivity contribution < 1.29 is 34.4 Å². The van der Waals surface area contributed by atoms with Gasteiger partial charge >= 0.3 is 17.9 Å². The first-order chi connectivity index (χ1) is 10.9. The highest BCUT2D eigenvalue weighted by Gasteiger charge is 2.12. The minimum atomic E-state index is -1.24. The molecular weight excluding hydrogens is 304 g/mol. The van der Waals surface area contributed by atoms with Gasteiger partial charge in [0.2, 0.25) is 0 Å². The molecule has 23 heavy (non-hydrogen) atoms.